The summed E-state index contributed by atoms with van der Waals surface area (Å²) in [4.78, 5) is 14.9. The summed E-state index contributed by atoms with van der Waals surface area (Å²) in [5.41, 5.74) is 2.24. The maximum absolute atomic E-state index is 12.8. The number of aryl methyl sites for hydroxylation is 1. The van der Waals surface area contributed by atoms with Gasteiger partial charge in [0, 0.05) is 6.54 Å². The number of carbonyl (C=O) groups excluding carboxylic acids is 1. The smallest absolute Gasteiger partial charge is 0.244 e. The Kier molecular flexibility index (Phi) is 3.78. The molecular formula is C18H26N2O. The van der Waals surface area contributed by atoms with Crippen molar-refractivity contribution >= 4 is 5.91 Å². The summed E-state index contributed by atoms with van der Waals surface area (Å²) in [6.45, 7) is 7.42. The van der Waals surface area contributed by atoms with Crippen LogP contribution in [-0.2, 0) is 4.79 Å². The highest BCUT2D eigenvalue weighted by Gasteiger charge is 2.59. The molecule has 1 aromatic carbocycles. The predicted octanol–water partition coefficient (Wildman–Crippen LogP) is 3.39. The lowest BCUT2D eigenvalue weighted by atomic mass is 10.0. The maximum atomic E-state index is 12.8. The van der Waals surface area contributed by atoms with Gasteiger partial charge < -0.3 is 4.90 Å². The normalized spacial score (nSPS) is 23.3. The van der Waals surface area contributed by atoms with E-state index in [2.05, 4.69) is 55.3 Å². The summed E-state index contributed by atoms with van der Waals surface area (Å²) < 4.78 is 0. The minimum Gasteiger partial charge on any atom is -0.321 e. The van der Waals surface area contributed by atoms with E-state index in [0.29, 0.717) is 11.8 Å². The number of hydrogen-bond acceptors (Lipinski definition) is 2. The van der Waals surface area contributed by atoms with E-state index in [4.69, 9.17) is 0 Å². The van der Waals surface area contributed by atoms with E-state index in [-0.39, 0.29) is 11.7 Å². The van der Waals surface area contributed by atoms with Crippen molar-refractivity contribution in [3.05, 3.63) is 35.4 Å². The molecule has 2 aliphatic rings. The molecule has 2 fully saturated rings. The van der Waals surface area contributed by atoms with Crippen LogP contribution in [0.25, 0.3) is 0 Å². The summed E-state index contributed by atoms with van der Waals surface area (Å²) in [5, 5.41) is 3.61. The lowest BCUT2D eigenvalue weighted by Crippen LogP contribution is -2.35. The molecule has 114 valence electrons. The summed E-state index contributed by atoms with van der Waals surface area (Å²) >= 11 is 0. The number of rotatable bonds is 5. The zero-order valence-electron chi connectivity index (χ0n) is 13.4. The van der Waals surface area contributed by atoms with Gasteiger partial charge in [-0.05, 0) is 31.2 Å². The van der Waals surface area contributed by atoms with Crippen molar-refractivity contribution in [1.82, 2.24) is 10.2 Å². The van der Waals surface area contributed by atoms with Gasteiger partial charge in [0.05, 0.1) is 0 Å². The highest BCUT2D eigenvalue weighted by Crippen LogP contribution is 2.46. The van der Waals surface area contributed by atoms with Crippen molar-refractivity contribution in [1.29, 1.82) is 0 Å². The van der Waals surface area contributed by atoms with Gasteiger partial charge in [0.2, 0.25) is 5.91 Å². The first-order chi connectivity index (χ1) is 10.1. The Hall–Kier alpha value is -1.35. The maximum Gasteiger partial charge on any atom is 0.244 e. The molecule has 1 aliphatic heterocycles. The molecule has 1 atom stereocenters. The number of carbonyl (C=O) groups is 1. The van der Waals surface area contributed by atoms with Crippen LogP contribution in [0, 0.1) is 12.8 Å². The Morgan fingerprint density at radius 3 is 2.62 bits per heavy atom. The van der Waals surface area contributed by atoms with Crippen LogP contribution in [0.2, 0.25) is 0 Å². The number of nitrogens with one attached hydrogen (secondary N) is 1. The second-order valence-electron chi connectivity index (χ2n) is 6.68. The number of hydrogen-bond donors (Lipinski definition) is 1. The van der Waals surface area contributed by atoms with E-state index in [0.717, 1.165) is 32.2 Å². The van der Waals surface area contributed by atoms with Gasteiger partial charge in [-0.15, -0.1) is 0 Å². The molecule has 1 saturated carbocycles. The van der Waals surface area contributed by atoms with Crippen molar-refractivity contribution in [2.24, 2.45) is 5.92 Å². The van der Waals surface area contributed by atoms with Gasteiger partial charge in [0.25, 0.3) is 0 Å². The Morgan fingerprint density at radius 2 is 2.05 bits per heavy atom. The molecule has 1 aliphatic carbocycles. The zero-order chi connectivity index (χ0) is 15.0. The average molecular weight is 286 g/mol. The van der Waals surface area contributed by atoms with E-state index < -0.39 is 0 Å². The summed E-state index contributed by atoms with van der Waals surface area (Å²) in [6, 6.07) is 8.54. The molecule has 0 aromatic heterocycles. The van der Waals surface area contributed by atoms with Crippen LogP contribution in [0.15, 0.2) is 24.3 Å². The fraction of sp³-hybridized carbons (Fsp3) is 0.611. The van der Waals surface area contributed by atoms with Crippen molar-refractivity contribution in [3.63, 3.8) is 0 Å². The Balaban J connectivity index is 1.88. The topological polar surface area (TPSA) is 32.3 Å². The van der Waals surface area contributed by atoms with Gasteiger partial charge >= 0.3 is 0 Å². The molecule has 3 heteroatoms. The summed E-state index contributed by atoms with van der Waals surface area (Å²) in [6.07, 6.45) is 4.31. The van der Waals surface area contributed by atoms with Gasteiger partial charge in [-0.2, -0.15) is 0 Å². The molecule has 3 nitrogen and oxygen atoms in total. The lowest BCUT2D eigenvalue weighted by molar-refractivity contribution is -0.131. The lowest BCUT2D eigenvalue weighted by Gasteiger charge is -2.28. The molecule has 0 radical (unpaired) electrons. The van der Waals surface area contributed by atoms with Gasteiger partial charge in [0.15, 0.2) is 0 Å². The molecule has 0 bridgehead atoms. The standard InChI is InChI=1S/C18H26N2O/c1-4-14(5-2)12-20-16(15-8-6-7-13(3)11-15)19-18(9-10-18)17(20)21/h6-8,11,14,16,19H,4-5,9-10,12H2,1-3H3. The van der Waals surface area contributed by atoms with E-state index >= 15 is 0 Å². The first kappa shape index (κ1) is 14.6. The molecule has 1 N–H and O–H groups in total. The van der Waals surface area contributed by atoms with Crippen LogP contribution in [0.4, 0.5) is 0 Å². The third-order valence-corrected chi connectivity index (χ3v) is 5.11. The largest absolute Gasteiger partial charge is 0.321 e. The van der Waals surface area contributed by atoms with Crippen molar-refractivity contribution in [2.75, 3.05) is 6.54 Å². The molecule has 1 aromatic rings. The van der Waals surface area contributed by atoms with Crippen LogP contribution in [0.3, 0.4) is 0 Å². The second-order valence-corrected chi connectivity index (χ2v) is 6.68. The van der Waals surface area contributed by atoms with E-state index in [1.165, 1.54) is 11.1 Å². The number of nitrogens with zero attached hydrogens (tertiary/aromatic N) is 1. The Morgan fingerprint density at radius 1 is 1.33 bits per heavy atom. The van der Waals surface area contributed by atoms with E-state index in [1.807, 2.05) is 0 Å². The van der Waals surface area contributed by atoms with Crippen LogP contribution < -0.4 is 5.32 Å². The molecule has 3 rings (SSSR count). The highest BCUT2D eigenvalue weighted by atomic mass is 16.2. The number of amides is 1. The summed E-state index contributed by atoms with van der Waals surface area (Å²) in [7, 11) is 0. The van der Waals surface area contributed by atoms with Crippen LogP contribution in [0.1, 0.15) is 56.8 Å². The Labute approximate surface area is 127 Å². The SMILES string of the molecule is CCC(CC)CN1C(=O)C2(CC2)NC1c1cccc(C)c1. The molecular weight excluding hydrogens is 260 g/mol. The van der Waals surface area contributed by atoms with Crippen molar-refractivity contribution in [3.8, 4) is 0 Å². The first-order valence-corrected chi connectivity index (χ1v) is 8.25. The monoisotopic (exact) mass is 286 g/mol. The molecule has 1 spiro atoms. The van der Waals surface area contributed by atoms with E-state index in [9.17, 15) is 4.79 Å². The zero-order valence-corrected chi connectivity index (χ0v) is 13.4. The molecule has 21 heavy (non-hydrogen) atoms. The van der Waals surface area contributed by atoms with Gasteiger partial charge in [-0.25, -0.2) is 0 Å². The third kappa shape index (κ3) is 2.59. The van der Waals surface area contributed by atoms with Crippen molar-refractivity contribution in [2.45, 2.75) is 58.2 Å². The third-order valence-electron chi connectivity index (χ3n) is 5.11. The quantitative estimate of drug-likeness (QED) is 0.900. The molecule has 1 heterocycles. The van der Waals surface area contributed by atoms with Crippen molar-refractivity contribution < 1.29 is 4.79 Å². The van der Waals surface area contributed by atoms with Gasteiger partial charge in [0.1, 0.15) is 11.7 Å². The second kappa shape index (κ2) is 5.45. The molecule has 1 amide bonds. The molecule has 1 unspecified atom stereocenters. The van der Waals surface area contributed by atoms with Crippen LogP contribution in [0.5, 0.6) is 0 Å². The summed E-state index contributed by atoms with van der Waals surface area (Å²) in [5.74, 6) is 0.915. The Bertz CT molecular complexity index is 532. The predicted molar refractivity (Wildman–Crippen MR) is 84.8 cm³/mol. The minimum atomic E-state index is -0.236. The van der Waals surface area contributed by atoms with Crippen LogP contribution in [-0.4, -0.2) is 22.9 Å². The minimum absolute atomic E-state index is 0.0560. The van der Waals surface area contributed by atoms with E-state index in [1.54, 1.807) is 0 Å². The van der Waals surface area contributed by atoms with Gasteiger partial charge in [-0.3, -0.25) is 10.1 Å². The van der Waals surface area contributed by atoms with Gasteiger partial charge in [-0.1, -0.05) is 56.5 Å². The molecule has 1 saturated heterocycles. The first-order valence-electron chi connectivity index (χ1n) is 8.25. The number of benzene rings is 1. The fourth-order valence-corrected chi connectivity index (χ4v) is 3.39. The average Bonchev–Trinajstić information content (AvgIpc) is 3.21. The highest BCUT2D eigenvalue weighted by molar-refractivity contribution is 5.92. The van der Waals surface area contributed by atoms with Crippen LogP contribution >= 0.6 is 0 Å². The fourth-order valence-electron chi connectivity index (χ4n) is 3.39.